The van der Waals surface area contributed by atoms with Gasteiger partial charge in [0.25, 0.3) is 5.91 Å². The molecule has 10 heteroatoms. The first kappa shape index (κ1) is 23.3. The summed E-state index contributed by atoms with van der Waals surface area (Å²) in [4.78, 5) is 18.7. The highest BCUT2D eigenvalue weighted by Crippen LogP contribution is 2.40. The molecule has 7 nitrogen and oxygen atoms in total. The van der Waals surface area contributed by atoms with Gasteiger partial charge in [-0.25, -0.2) is 4.98 Å². The Labute approximate surface area is 183 Å². The predicted octanol–water partition coefficient (Wildman–Crippen LogP) is 3.37. The Hall–Kier alpha value is -3.32. The van der Waals surface area contributed by atoms with Crippen LogP contribution in [0.1, 0.15) is 54.9 Å². The monoisotopic (exact) mass is 447 g/mol. The average Bonchev–Trinajstić information content (AvgIpc) is 3.26. The molecule has 0 radical (unpaired) electrons. The molecule has 2 atom stereocenters. The molecule has 32 heavy (non-hydrogen) atoms. The van der Waals surface area contributed by atoms with E-state index in [4.69, 9.17) is 6.42 Å². The van der Waals surface area contributed by atoms with Crippen LogP contribution in [0.5, 0.6) is 0 Å². The number of hydrogen-bond donors (Lipinski definition) is 1. The summed E-state index contributed by atoms with van der Waals surface area (Å²) in [5.74, 6) is 1.74. The lowest BCUT2D eigenvalue weighted by Crippen LogP contribution is -2.46. The highest BCUT2D eigenvalue weighted by molar-refractivity contribution is 6.05. The fourth-order valence-corrected chi connectivity index (χ4v) is 4.00. The van der Waals surface area contributed by atoms with Gasteiger partial charge < -0.3 is 14.6 Å². The van der Waals surface area contributed by atoms with E-state index in [1.54, 1.807) is 37.1 Å². The van der Waals surface area contributed by atoms with Crippen LogP contribution in [-0.4, -0.2) is 48.0 Å². The van der Waals surface area contributed by atoms with Gasteiger partial charge in [0.15, 0.2) is 5.82 Å². The van der Waals surface area contributed by atoms with Crippen LogP contribution in [-0.2, 0) is 19.2 Å². The van der Waals surface area contributed by atoms with E-state index in [-0.39, 0.29) is 26.4 Å². The van der Waals surface area contributed by atoms with E-state index in [0.29, 0.717) is 34.8 Å². The van der Waals surface area contributed by atoms with Crippen LogP contribution in [0, 0.1) is 12.3 Å². The summed E-state index contributed by atoms with van der Waals surface area (Å²) in [6, 6.07) is 4.65. The number of amides is 1. The van der Waals surface area contributed by atoms with Crippen molar-refractivity contribution in [1.29, 1.82) is 0 Å². The minimum absolute atomic E-state index is 0. The lowest BCUT2D eigenvalue weighted by molar-refractivity contribution is -0.263. The number of aryl methyl sites for hydroxylation is 1. The van der Waals surface area contributed by atoms with Crippen molar-refractivity contribution in [1.82, 2.24) is 24.2 Å². The first-order valence-electron chi connectivity index (χ1n) is 9.54. The Balaban J connectivity index is 0.00000289. The van der Waals surface area contributed by atoms with Crippen LogP contribution in [0.25, 0.3) is 10.9 Å². The summed E-state index contributed by atoms with van der Waals surface area (Å²) < 4.78 is 42.9. The molecule has 3 aromatic rings. The molecule has 1 aliphatic rings. The molecule has 0 saturated heterocycles. The zero-order valence-electron chi connectivity index (χ0n) is 17.1. The van der Waals surface area contributed by atoms with Crippen molar-refractivity contribution in [3.05, 3.63) is 47.2 Å². The van der Waals surface area contributed by atoms with Crippen LogP contribution < -0.4 is 0 Å². The SMILES string of the molecule is C.C#Cc1ccc2c(C(=O)N3Cc4cnc([C@@](C)(O)C(F)(F)F)n4[C@@H](C)C3)n(C)nc2c1. The van der Waals surface area contributed by atoms with E-state index in [1.165, 1.54) is 15.4 Å². The Kier molecular flexibility index (Phi) is 5.60. The number of benzene rings is 1. The van der Waals surface area contributed by atoms with Gasteiger partial charge in [-0.1, -0.05) is 13.3 Å². The maximum absolute atomic E-state index is 13.3. The topological polar surface area (TPSA) is 76.2 Å². The van der Waals surface area contributed by atoms with E-state index >= 15 is 0 Å². The molecule has 3 heterocycles. The van der Waals surface area contributed by atoms with E-state index in [9.17, 15) is 23.1 Å². The number of nitrogens with zero attached hydrogens (tertiary/aromatic N) is 5. The smallest absolute Gasteiger partial charge is 0.374 e. The van der Waals surface area contributed by atoms with Gasteiger partial charge in [0.1, 0.15) is 5.69 Å². The van der Waals surface area contributed by atoms with E-state index in [2.05, 4.69) is 16.0 Å². The van der Waals surface area contributed by atoms with Crippen molar-refractivity contribution in [3.8, 4) is 12.3 Å². The van der Waals surface area contributed by atoms with Gasteiger partial charge in [-0.05, 0) is 32.0 Å². The van der Waals surface area contributed by atoms with Gasteiger partial charge in [0.05, 0.1) is 30.0 Å². The highest BCUT2D eigenvalue weighted by Gasteiger charge is 2.55. The van der Waals surface area contributed by atoms with Gasteiger partial charge in [0.2, 0.25) is 5.60 Å². The molecule has 0 spiro atoms. The van der Waals surface area contributed by atoms with Crippen molar-refractivity contribution in [2.45, 2.75) is 45.6 Å². The molecule has 1 amide bonds. The van der Waals surface area contributed by atoms with Crippen molar-refractivity contribution in [2.75, 3.05) is 6.54 Å². The maximum Gasteiger partial charge on any atom is 0.424 e. The quantitative estimate of drug-likeness (QED) is 0.612. The Bertz CT molecular complexity index is 1230. The molecule has 0 unspecified atom stereocenters. The molecule has 1 N–H and O–H groups in total. The van der Waals surface area contributed by atoms with Gasteiger partial charge in [-0.15, -0.1) is 6.42 Å². The first-order valence-corrected chi connectivity index (χ1v) is 9.54. The summed E-state index contributed by atoms with van der Waals surface area (Å²) in [7, 11) is 1.65. The molecule has 0 bridgehead atoms. The number of imidazole rings is 1. The van der Waals surface area contributed by atoms with Gasteiger partial charge in [0, 0.05) is 24.5 Å². The number of carbonyl (C=O) groups is 1. The second-order valence-corrected chi connectivity index (χ2v) is 7.90. The van der Waals surface area contributed by atoms with Gasteiger partial charge in [-0.3, -0.25) is 9.48 Å². The van der Waals surface area contributed by atoms with Crippen molar-refractivity contribution in [2.24, 2.45) is 7.05 Å². The zero-order chi connectivity index (χ0) is 22.7. The molecule has 170 valence electrons. The summed E-state index contributed by atoms with van der Waals surface area (Å²) in [6.45, 7) is 2.57. The standard InChI is InChI=1S/C21H20F3N5O2.CH4/c1-5-13-6-7-15-16(8-13)26-27(4)17(15)18(30)28-10-12(2)29-14(11-28)9-25-19(29)20(3,31)21(22,23)24;/h1,6-9,12,31H,10-11H2,2-4H3;1H4/t12-,20+;/m0./s1. The molecular weight excluding hydrogens is 423 g/mol. The molecule has 1 aliphatic heterocycles. The van der Waals surface area contributed by atoms with Gasteiger partial charge >= 0.3 is 6.18 Å². The first-order chi connectivity index (χ1) is 14.5. The van der Waals surface area contributed by atoms with Crippen molar-refractivity contribution >= 4 is 16.8 Å². The summed E-state index contributed by atoms with van der Waals surface area (Å²) in [5, 5.41) is 15.1. The summed E-state index contributed by atoms with van der Waals surface area (Å²) in [5.41, 5.74) is -1.10. The number of hydrogen-bond acceptors (Lipinski definition) is 4. The second-order valence-electron chi connectivity index (χ2n) is 7.90. The third-order valence-corrected chi connectivity index (χ3v) is 5.63. The van der Waals surface area contributed by atoms with Crippen LogP contribution >= 0.6 is 0 Å². The Morgan fingerprint density at radius 3 is 2.66 bits per heavy atom. The average molecular weight is 447 g/mol. The van der Waals surface area contributed by atoms with E-state index in [0.717, 1.165) is 0 Å². The number of aromatic nitrogens is 4. The van der Waals surface area contributed by atoms with Crippen molar-refractivity contribution in [3.63, 3.8) is 0 Å². The molecule has 4 rings (SSSR count). The highest BCUT2D eigenvalue weighted by atomic mass is 19.4. The fourth-order valence-electron chi connectivity index (χ4n) is 4.00. The molecule has 0 aliphatic carbocycles. The van der Waals surface area contributed by atoms with Crippen LogP contribution in [0.2, 0.25) is 0 Å². The number of fused-ring (bicyclic) bond motifs is 2. The zero-order valence-corrected chi connectivity index (χ0v) is 17.1. The molecule has 0 fully saturated rings. The third-order valence-electron chi connectivity index (χ3n) is 5.63. The van der Waals surface area contributed by atoms with Gasteiger partial charge in [-0.2, -0.15) is 18.3 Å². The summed E-state index contributed by atoms with van der Waals surface area (Å²) >= 11 is 0. The molecule has 2 aromatic heterocycles. The number of alkyl halides is 3. The minimum atomic E-state index is -4.88. The van der Waals surface area contributed by atoms with Crippen LogP contribution in [0.15, 0.2) is 24.4 Å². The number of terminal acetylenes is 1. The Morgan fingerprint density at radius 1 is 1.34 bits per heavy atom. The normalized spacial score (nSPS) is 17.9. The number of rotatable bonds is 2. The van der Waals surface area contributed by atoms with E-state index in [1.807, 2.05) is 0 Å². The third kappa shape index (κ3) is 3.42. The lowest BCUT2D eigenvalue weighted by atomic mass is 10.0. The van der Waals surface area contributed by atoms with Crippen LogP contribution in [0.3, 0.4) is 0 Å². The second kappa shape index (κ2) is 7.67. The van der Waals surface area contributed by atoms with Crippen LogP contribution in [0.4, 0.5) is 13.2 Å². The largest absolute Gasteiger partial charge is 0.424 e. The summed E-state index contributed by atoms with van der Waals surface area (Å²) in [6.07, 6.45) is 1.81. The molecule has 1 aromatic carbocycles. The lowest BCUT2D eigenvalue weighted by Gasteiger charge is -2.36. The Morgan fingerprint density at radius 2 is 2.03 bits per heavy atom. The number of halogens is 3. The van der Waals surface area contributed by atoms with E-state index < -0.39 is 23.6 Å². The number of carbonyl (C=O) groups excluding carboxylic acids is 1. The molecular formula is C22H24F3N5O2. The minimum Gasteiger partial charge on any atom is -0.374 e. The maximum atomic E-state index is 13.3. The molecule has 0 saturated carbocycles. The van der Waals surface area contributed by atoms with Crippen molar-refractivity contribution < 1.29 is 23.1 Å². The fraction of sp³-hybridized carbons (Fsp3) is 0.409. The predicted molar refractivity (Wildman–Crippen MR) is 113 cm³/mol. The number of aliphatic hydroxyl groups is 1.